The van der Waals surface area contributed by atoms with Crippen LogP contribution < -0.4 is 0 Å². The van der Waals surface area contributed by atoms with Crippen LogP contribution in [0.4, 0.5) is 0 Å². The maximum atomic E-state index is 5.18. The van der Waals surface area contributed by atoms with Gasteiger partial charge < -0.3 is 14.2 Å². The molecule has 114 valence electrons. The van der Waals surface area contributed by atoms with Gasteiger partial charge in [0, 0.05) is 38.9 Å². The van der Waals surface area contributed by atoms with E-state index in [0.29, 0.717) is 6.04 Å². The van der Waals surface area contributed by atoms with E-state index >= 15 is 0 Å². The fraction of sp³-hybridized carbons (Fsp3) is 0.625. The lowest BCUT2D eigenvalue weighted by atomic mass is 10.1. The molecular weight excluding hydrogens is 264 g/mol. The van der Waals surface area contributed by atoms with E-state index in [0.717, 1.165) is 37.2 Å². The molecule has 2 aromatic heterocycles. The molecule has 1 saturated heterocycles. The van der Waals surface area contributed by atoms with Crippen LogP contribution in [0.1, 0.15) is 25.1 Å². The van der Waals surface area contributed by atoms with Crippen LogP contribution in [0.25, 0.3) is 11.2 Å². The van der Waals surface area contributed by atoms with Gasteiger partial charge in [0.1, 0.15) is 11.3 Å². The fourth-order valence-electron chi connectivity index (χ4n) is 3.21. The molecule has 3 heterocycles. The minimum absolute atomic E-state index is 0.614. The Hall–Kier alpha value is -1.46. The predicted molar refractivity (Wildman–Crippen MR) is 83.4 cm³/mol. The van der Waals surface area contributed by atoms with Gasteiger partial charge in [-0.2, -0.15) is 0 Å². The van der Waals surface area contributed by atoms with Crippen LogP contribution in [0.5, 0.6) is 0 Å². The highest BCUT2D eigenvalue weighted by molar-refractivity contribution is 5.71. The number of pyridine rings is 1. The molecule has 1 atom stereocenters. The van der Waals surface area contributed by atoms with E-state index in [-0.39, 0.29) is 0 Å². The molecular formula is C16H24N4O. The van der Waals surface area contributed by atoms with Gasteiger partial charge in [0.05, 0.1) is 0 Å². The quantitative estimate of drug-likeness (QED) is 0.764. The van der Waals surface area contributed by atoms with Crippen LogP contribution in [0.2, 0.25) is 0 Å². The molecule has 3 rings (SSSR count). The van der Waals surface area contributed by atoms with Gasteiger partial charge in [0.2, 0.25) is 0 Å². The molecule has 0 radical (unpaired) electrons. The number of aromatic nitrogens is 3. The van der Waals surface area contributed by atoms with E-state index < -0.39 is 0 Å². The number of aryl methyl sites for hydroxylation is 1. The average Bonchev–Trinajstić information content (AvgIpc) is 3.04. The molecule has 5 nitrogen and oxygen atoms in total. The Morgan fingerprint density at radius 1 is 1.43 bits per heavy atom. The van der Waals surface area contributed by atoms with E-state index in [4.69, 9.17) is 9.72 Å². The standard InChI is InChI=1S/C16H24N4O/c1-19-9-4-6-13(19)12-15-18-14-7-3-8-17-16(14)20(15)10-5-11-21-2/h3,7-8,13H,4-6,9-12H2,1-2H3. The van der Waals surface area contributed by atoms with E-state index in [2.05, 4.69) is 27.6 Å². The molecule has 1 aliphatic heterocycles. The number of ether oxygens (including phenoxy) is 1. The minimum Gasteiger partial charge on any atom is -0.385 e. The van der Waals surface area contributed by atoms with Crippen molar-refractivity contribution in [1.82, 2.24) is 19.4 Å². The van der Waals surface area contributed by atoms with Crippen LogP contribution >= 0.6 is 0 Å². The molecule has 1 unspecified atom stereocenters. The van der Waals surface area contributed by atoms with Crippen LogP contribution in [-0.4, -0.2) is 52.8 Å². The Morgan fingerprint density at radius 2 is 2.33 bits per heavy atom. The third-order valence-corrected chi connectivity index (χ3v) is 4.40. The van der Waals surface area contributed by atoms with Crippen LogP contribution in [0.15, 0.2) is 18.3 Å². The average molecular weight is 288 g/mol. The Morgan fingerprint density at radius 3 is 3.10 bits per heavy atom. The monoisotopic (exact) mass is 288 g/mol. The molecule has 2 aromatic rings. The van der Waals surface area contributed by atoms with Crippen molar-refractivity contribution in [3.05, 3.63) is 24.2 Å². The second-order valence-electron chi connectivity index (χ2n) is 5.85. The van der Waals surface area contributed by atoms with Gasteiger partial charge in [0.15, 0.2) is 5.65 Å². The molecule has 0 amide bonds. The fourth-order valence-corrected chi connectivity index (χ4v) is 3.21. The molecule has 1 fully saturated rings. The number of methoxy groups -OCH3 is 1. The molecule has 0 N–H and O–H groups in total. The Kier molecular flexibility index (Phi) is 4.51. The van der Waals surface area contributed by atoms with Gasteiger partial charge in [-0.05, 0) is 45.0 Å². The van der Waals surface area contributed by atoms with Gasteiger partial charge >= 0.3 is 0 Å². The summed E-state index contributed by atoms with van der Waals surface area (Å²) < 4.78 is 7.46. The van der Waals surface area contributed by atoms with Gasteiger partial charge in [-0.1, -0.05) is 0 Å². The first kappa shape index (κ1) is 14.5. The molecule has 0 aromatic carbocycles. The number of fused-ring (bicyclic) bond motifs is 1. The molecule has 0 spiro atoms. The zero-order valence-corrected chi connectivity index (χ0v) is 13.0. The molecule has 21 heavy (non-hydrogen) atoms. The third kappa shape index (κ3) is 3.09. The molecule has 0 bridgehead atoms. The Labute approximate surface area is 125 Å². The maximum Gasteiger partial charge on any atom is 0.159 e. The predicted octanol–water partition coefficient (Wildman–Crippen LogP) is 2.10. The lowest BCUT2D eigenvalue weighted by Gasteiger charge is -2.19. The highest BCUT2D eigenvalue weighted by Crippen LogP contribution is 2.21. The number of hydrogen-bond donors (Lipinski definition) is 0. The van der Waals surface area contributed by atoms with Crippen molar-refractivity contribution < 1.29 is 4.74 Å². The highest BCUT2D eigenvalue weighted by Gasteiger charge is 2.23. The zero-order valence-electron chi connectivity index (χ0n) is 13.0. The van der Waals surface area contributed by atoms with E-state index in [1.165, 1.54) is 25.2 Å². The van der Waals surface area contributed by atoms with Crippen molar-refractivity contribution in [2.75, 3.05) is 27.3 Å². The van der Waals surface area contributed by atoms with Crippen LogP contribution in [-0.2, 0) is 17.7 Å². The highest BCUT2D eigenvalue weighted by atomic mass is 16.5. The molecule has 5 heteroatoms. The summed E-state index contributed by atoms with van der Waals surface area (Å²) in [5.41, 5.74) is 2.01. The first-order valence-corrected chi connectivity index (χ1v) is 7.79. The normalized spacial score (nSPS) is 19.6. The van der Waals surface area contributed by atoms with Gasteiger partial charge in [-0.25, -0.2) is 9.97 Å². The summed E-state index contributed by atoms with van der Waals surface area (Å²) in [6.07, 6.45) is 6.42. The molecule has 0 saturated carbocycles. The van der Waals surface area contributed by atoms with Gasteiger partial charge in [-0.3, -0.25) is 0 Å². The zero-order chi connectivity index (χ0) is 14.7. The lowest BCUT2D eigenvalue weighted by molar-refractivity contribution is 0.190. The smallest absolute Gasteiger partial charge is 0.159 e. The number of likely N-dealkylation sites (N-methyl/N-ethyl adjacent to an activating group) is 1. The van der Waals surface area contributed by atoms with E-state index in [1.807, 2.05) is 12.3 Å². The SMILES string of the molecule is COCCCn1c(CC2CCCN2C)nc2cccnc21. The summed E-state index contributed by atoms with van der Waals surface area (Å²) in [5.74, 6) is 1.17. The van der Waals surface area contributed by atoms with Crippen molar-refractivity contribution >= 4 is 11.2 Å². The first-order chi connectivity index (χ1) is 10.3. The first-order valence-electron chi connectivity index (χ1n) is 7.79. The summed E-state index contributed by atoms with van der Waals surface area (Å²) in [4.78, 5) is 11.8. The van der Waals surface area contributed by atoms with Gasteiger partial charge in [-0.15, -0.1) is 0 Å². The summed E-state index contributed by atoms with van der Waals surface area (Å²) >= 11 is 0. The van der Waals surface area contributed by atoms with Crippen molar-refractivity contribution in [3.63, 3.8) is 0 Å². The Bertz CT molecular complexity index is 595. The maximum absolute atomic E-state index is 5.18. The number of likely N-dealkylation sites (tertiary alicyclic amines) is 1. The lowest BCUT2D eigenvalue weighted by Crippen LogP contribution is -2.28. The summed E-state index contributed by atoms with van der Waals surface area (Å²) in [6, 6.07) is 4.63. The van der Waals surface area contributed by atoms with Crippen LogP contribution in [0, 0.1) is 0 Å². The number of rotatable bonds is 6. The van der Waals surface area contributed by atoms with Crippen LogP contribution in [0.3, 0.4) is 0 Å². The summed E-state index contributed by atoms with van der Waals surface area (Å²) in [5, 5.41) is 0. The summed E-state index contributed by atoms with van der Waals surface area (Å²) in [7, 11) is 3.96. The number of hydrogen-bond acceptors (Lipinski definition) is 4. The number of nitrogens with zero attached hydrogens (tertiary/aromatic N) is 4. The molecule has 1 aliphatic rings. The van der Waals surface area contributed by atoms with Crippen molar-refractivity contribution in [2.24, 2.45) is 0 Å². The second-order valence-corrected chi connectivity index (χ2v) is 5.85. The largest absolute Gasteiger partial charge is 0.385 e. The van der Waals surface area contributed by atoms with E-state index in [9.17, 15) is 0 Å². The summed E-state index contributed by atoms with van der Waals surface area (Å²) in [6.45, 7) is 2.90. The van der Waals surface area contributed by atoms with E-state index in [1.54, 1.807) is 7.11 Å². The third-order valence-electron chi connectivity index (χ3n) is 4.40. The van der Waals surface area contributed by atoms with Crippen molar-refractivity contribution in [2.45, 2.75) is 38.3 Å². The number of imidazole rings is 1. The van der Waals surface area contributed by atoms with Crippen molar-refractivity contribution in [3.8, 4) is 0 Å². The van der Waals surface area contributed by atoms with Crippen molar-refractivity contribution in [1.29, 1.82) is 0 Å². The molecule has 0 aliphatic carbocycles. The minimum atomic E-state index is 0.614. The Balaban J connectivity index is 1.86. The van der Waals surface area contributed by atoms with Gasteiger partial charge in [0.25, 0.3) is 0 Å². The second kappa shape index (κ2) is 6.54. The topological polar surface area (TPSA) is 43.2 Å².